The summed E-state index contributed by atoms with van der Waals surface area (Å²) in [5.74, 6) is -0.690. The van der Waals surface area contributed by atoms with Crippen molar-refractivity contribution < 1.29 is 30.0 Å². The zero-order chi connectivity index (χ0) is 16.3. The summed E-state index contributed by atoms with van der Waals surface area (Å²) in [7, 11) is 0. The first-order chi connectivity index (χ1) is 10.4. The van der Waals surface area contributed by atoms with Crippen LogP contribution >= 0.6 is 0 Å². The normalized spacial score (nSPS) is 31.5. The molecule has 0 spiro atoms. The second-order valence-electron chi connectivity index (χ2n) is 5.08. The molecule has 1 amide bonds. The maximum Gasteiger partial charge on any atom is 0.252 e. The SMILES string of the molecule is C=Cc1ccc(CNC(=O)[C@H]2O[C@@H](O)[C@H](O)[C@@H](O)[C@@H]2O)cc1. The summed E-state index contributed by atoms with van der Waals surface area (Å²) in [6.07, 6.45) is -6.44. The average Bonchev–Trinajstić information content (AvgIpc) is 2.54. The van der Waals surface area contributed by atoms with E-state index in [2.05, 4.69) is 11.9 Å². The molecule has 1 aliphatic rings. The molecule has 1 saturated heterocycles. The van der Waals surface area contributed by atoms with Gasteiger partial charge in [0.25, 0.3) is 5.91 Å². The molecule has 120 valence electrons. The summed E-state index contributed by atoms with van der Waals surface area (Å²) in [6, 6.07) is 7.29. The van der Waals surface area contributed by atoms with E-state index in [0.29, 0.717) is 0 Å². The largest absolute Gasteiger partial charge is 0.387 e. The highest BCUT2D eigenvalue weighted by molar-refractivity contribution is 5.81. The molecule has 0 radical (unpaired) electrons. The van der Waals surface area contributed by atoms with E-state index in [1.54, 1.807) is 6.08 Å². The molecule has 0 aromatic heterocycles. The topological polar surface area (TPSA) is 119 Å². The predicted molar refractivity (Wildman–Crippen MR) is 77.3 cm³/mol. The van der Waals surface area contributed by atoms with Gasteiger partial charge in [0, 0.05) is 6.54 Å². The van der Waals surface area contributed by atoms with Gasteiger partial charge in [-0.25, -0.2) is 0 Å². The third kappa shape index (κ3) is 3.52. The van der Waals surface area contributed by atoms with Crippen molar-refractivity contribution in [2.75, 3.05) is 0 Å². The van der Waals surface area contributed by atoms with Crippen molar-refractivity contribution in [3.63, 3.8) is 0 Å². The van der Waals surface area contributed by atoms with E-state index in [-0.39, 0.29) is 6.54 Å². The molecule has 0 saturated carbocycles. The van der Waals surface area contributed by atoms with Crippen molar-refractivity contribution in [1.29, 1.82) is 0 Å². The average molecular weight is 309 g/mol. The lowest BCUT2D eigenvalue weighted by Gasteiger charge is -2.37. The minimum absolute atomic E-state index is 0.192. The zero-order valence-electron chi connectivity index (χ0n) is 11.8. The van der Waals surface area contributed by atoms with Crippen LogP contribution in [0.1, 0.15) is 11.1 Å². The van der Waals surface area contributed by atoms with E-state index < -0.39 is 36.6 Å². The van der Waals surface area contributed by atoms with E-state index in [4.69, 9.17) is 4.74 Å². The van der Waals surface area contributed by atoms with Gasteiger partial charge in [-0.3, -0.25) is 4.79 Å². The molecular weight excluding hydrogens is 290 g/mol. The summed E-state index contributed by atoms with van der Waals surface area (Å²) >= 11 is 0. The van der Waals surface area contributed by atoms with Crippen LogP contribution < -0.4 is 5.32 Å². The second kappa shape index (κ2) is 6.99. The monoisotopic (exact) mass is 309 g/mol. The molecule has 0 unspecified atom stereocenters. The molecule has 7 heteroatoms. The Balaban J connectivity index is 1.95. The fourth-order valence-electron chi connectivity index (χ4n) is 2.14. The first kappa shape index (κ1) is 16.6. The standard InChI is InChI=1S/C15H19NO6/c1-2-8-3-5-9(6-4-8)7-16-14(20)13-11(18)10(17)12(19)15(21)22-13/h2-6,10-13,15,17-19,21H,1,7H2,(H,16,20)/t10-,11-,12+,13-,15+/m0/s1. The van der Waals surface area contributed by atoms with Crippen LogP contribution in [0.15, 0.2) is 30.8 Å². The number of carbonyl (C=O) groups excluding carboxylic acids is 1. The van der Waals surface area contributed by atoms with Crippen LogP contribution in [0.25, 0.3) is 6.08 Å². The number of hydrogen-bond acceptors (Lipinski definition) is 6. The van der Waals surface area contributed by atoms with E-state index in [9.17, 15) is 25.2 Å². The first-order valence-corrected chi connectivity index (χ1v) is 6.81. The number of aliphatic hydroxyl groups is 4. The maximum absolute atomic E-state index is 12.0. The molecule has 0 bridgehead atoms. The van der Waals surface area contributed by atoms with Crippen LogP contribution in [0.2, 0.25) is 0 Å². The molecule has 5 atom stereocenters. The van der Waals surface area contributed by atoms with Crippen molar-refractivity contribution >= 4 is 12.0 Å². The van der Waals surface area contributed by atoms with Crippen molar-refractivity contribution in [3.8, 4) is 0 Å². The van der Waals surface area contributed by atoms with E-state index >= 15 is 0 Å². The van der Waals surface area contributed by atoms with Gasteiger partial charge < -0.3 is 30.5 Å². The molecule has 1 aromatic carbocycles. The quantitative estimate of drug-likeness (QED) is 0.474. The number of amides is 1. The summed E-state index contributed by atoms with van der Waals surface area (Å²) in [6.45, 7) is 3.83. The van der Waals surface area contributed by atoms with Crippen LogP contribution in [-0.2, 0) is 16.1 Å². The van der Waals surface area contributed by atoms with Gasteiger partial charge in [0.1, 0.15) is 18.3 Å². The number of carbonyl (C=O) groups is 1. The van der Waals surface area contributed by atoms with Crippen LogP contribution in [0, 0.1) is 0 Å². The van der Waals surface area contributed by atoms with E-state index in [0.717, 1.165) is 11.1 Å². The molecule has 2 rings (SSSR count). The van der Waals surface area contributed by atoms with Crippen molar-refractivity contribution in [2.24, 2.45) is 0 Å². The molecule has 1 aliphatic heterocycles. The lowest BCUT2D eigenvalue weighted by atomic mass is 9.98. The smallest absolute Gasteiger partial charge is 0.252 e. The predicted octanol–water partition coefficient (Wildman–Crippen LogP) is -1.25. The number of nitrogens with one attached hydrogen (secondary N) is 1. The van der Waals surface area contributed by atoms with Gasteiger partial charge in [-0.2, -0.15) is 0 Å². The van der Waals surface area contributed by atoms with Gasteiger partial charge >= 0.3 is 0 Å². The van der Waals surface area contributed by atoms with E-state index in [1.165, 1.54) is 0 Å². The fourth-order valence-corrected chi connectivity index (χ4v) is 2.14. The highest BCUT2D eigenvalue weighted by atomic mass is 16.6. The fraction of sp³-hybridized carbons (Fsp3) is 0.400. The Kier molecular flexibility index (Phi) is 5.28. The van der Waals surface area contributed by atoms with Gasteiger partial charge in [-0.05, 0) is 11.1 Å². The third-order valence-corrected chi connectivity index (χ3v) is 3.53. The summed E-state index contributed by atoms with van der Waals surface area (Å²) < 4.78 is 4.84. The summed E-state index contributed by atoms with van der Waals surface area (Å²) in [5, 5.41) is 40.6. The van der Waals surface area contributed by atoms with Gasteiger partial charge in [0.2, 0.25) is 0 Å². The Hall–Kier alpha value is -1.77. The minimum atomic E-state index is -1.74. The third-order valence-electron chi connectivity index (χ3n) is 3.53. The molecule has 0 aliphatic carbocycles. The summed E-state index contributed by atoms with van der Waals surface area (Å²) in [4.78, 5) is 12.0. The molecule has 1 fully saturated rings. The van der Waals surface area contributed by atoms with Crippen LogP contribution in [0.4, 0.5) is 0 Å². The Morgan fingerprint density at radius 3 is 2.36 bits per heavy atom. The first-order valence-electron chi connectivity index (χ1n) is 6.81. The lowest BCUT2D eigenvalue weighted by Crippen LogP contribution is -2.61. The van der Waals surface area contributed by atoms with Gasteiger partial charge in [0.15, 0.2) is 12.4 Å². The number of benzene rings is 1. The van der Waals surface area contributed by atoms with Crippen molar-refractivity contribution in [3.05, 3.63) is 42.0 Å². The Morgan fingerprint density at radius 2 is 1.77 bits per heavy atom. The number of hydrogen-bond donors (Lipinski definition) is 5. The maximum atomic E-state index is 12.0. The highest BCUT2D eigenvalue weighted by Crippen LogP contribution is 2.20. The van der Waals surface area contributed by atoms with Gasteiger partial charge in [0.05, 0.1) is 0 Å². The van der Waals surface area contributed by atoms with Crippen LogP contribution in [0.5, 0.6) is 0 Å². The Morgan fingerprint density at radius 1 is 1.14 bits per heavy atom. The van der Waals surface area contributed by atoms with E-state index in [1.807, 2.05) is 24.3 Å². The highest BCUT2D eigenvalue weighted by Gasteiger charge is 2.46. The Labute approximate surface area is 127 Å². The molecule has 1 aromatic rings. The Bertz CT molecular complexity index is 531. The van der Waals surface area contributed by atoms with Crippen molar-refractivity contribution in [1.82, 2.24) is 5.32 Å². The van der Waals surface area contributed by atoms with Crippen LogP contribution in [0.3, 0.4) is 0 Å². The molecule has 5 N–H and O–H groups in total. The molecular formula is C15H19NO6. The van der Waals surface area contributed by atoms with Crippen molar-refractivity contribution in [2.45, 2.75) is 37.3 Å². The minimum Gasteiger partial charge on any atom is -0.387 e. The van der Waals surface area contributed by atoms with Gasteiger partial charge in [-0.15, -0.1) is 0 Å². The zero-order valence-corrected chi connectivity index (χ0v) is 11.8. The second-order valence-corrected chi connectivity index (χ2v) is 5.08. The number of rotatable bonds is 4. The molecule has 1 heterocycles. The number of aliphatic hydroxyl groups excluding tert-OH is 4. The van der Waals surface area contributed by atoms with Gasteiger partial charge in [-0.1, -0.05) is 36.9 Å². The summed E-state index contributed by atoms with van der Waals surface area (Å²) in [5.41, 5.74) is 1.77. The van der Waals surface area contributed by atoms with Crippen LogP contribution in [-0.4, -0.2) is 57.0 Å². The lowest BCUT2D eigenvalue weighted by molar-refractivity contribution is -0.275. The number of ether oxygens (including phenoxy) is 1. The molecule has 7 nitrogen and oxygen atoms in total. The molecule has 22 heavy (non-hydrogen) atoms.